The third-order valence-corrected chi connectivity index (χ3v) is 4.14. The zero-order valence-corrected chi connectivity index (χ0v) is 12.7. The number of hydrogen-bond donors (Lipinski definition) is 3. The number of carbonyl (C=O) groups excluding carboxylic acids is 2. The van der Waals surface area contributed by atoms with Crippen LogP contribution in [0.25, 0.3) is 0 Å². The monoisotopic (exact) mass is 292 g/mol. The van der Waals surface area contributed by atoms with Gasteiger partial charge in [-0.15, -0.1) is 0 Å². The van der Waals surface area contributed by atoms with E-state index in [9.17, 15) is 14.7 Å². The largest absolute Gasteiger partial charge is 0.396 e. The highest BCUT2D eigenvalue weighted by molar-refractivity contribution is 5.94. The Labute approximate surface area is 125 Å². The molecular formula is C16H24N2O3. The summed E-state index contributed by atoms with van der Waals surface area (Å²) < 4.78 is 0. The van der Waals surface area contributed by atoms with Crippen molar-refractivity contribution in [1.82, 2.24) is 5.32 Å². The number of nitrogens with one attached hydrogen (secondary N) is 2. The molecule has 1 aromatic rings. The van der Waals surface area contributed by atoms with Crippen LogP contribution in [0, 0.1) is 5.41 Å². The van der Waals surface area contributed by atoms with E-state index in [-0.39, 0.29) is 17.9 Å². The first-order valence-electron chi connectivity index (χ1n) is 7.30. The summed E-state index contributed by atoms with van der Waals surface area (Å²) in [6.45, 7) is 4.83. The highest BCUT2D eigenvalue weighted by atomic mass is 16.3. The molecule has 0 saturated carbocycles. The SMILES string of the molecule is CCC(CC)(CCO)CNC(=O)c1ccc(NC=O)cc1. The number of benzene rings is 1. The Morgan fingerprint density at radius 3 is 2.33 bits per heavy atom. The van der Waals surface area contributed by atoms with Gasteiger partial charge in [0.15, 0.2) is 0 Å². The summed E-state index contributed by atoms with van der Waals surface area (Å²) in [5.74, 6) is -0.142. The summed E-state index contributed by atoms with van der Waals surface area (Å²) in [7, 11) is 0. The number of aliphatic hydroxyl groups excluding tert-OH is 1. The van der Waals surface area contributed by atoms with Crippen molar-refractivity contribution in [3.63, 3.8) is 0 Å². The molecule has 0 aliphatic carbocycles. The van der Waals surface area contributed by atoms with E-state index in [0.29, 0.717) is 30.6 Å². The van der Waals surface area contributed by atoms with E-state index >= 15 is 0 Å². The van der Waals surface area contributed by atoms with Gasteiger partial charge in [-0.2, -0.15) is 0 Å². The lowest BCUT2D eigenvalue weighted by molar-refractivity contribution is -0.105. The Hall–Kier alpha value is -1.88. The highest BCUT2D eigenvalue weighted by Crippen LogP contribution is 2.29. The van der Waals surface area contributed by atoms with Crippen molar-refractivity contribution < 1.29 is 14.7 Å². The highest BCUT2D eigenvalue weighted by Gasteiger charge is 2.26. The predicted octanol–water partition coefficient (Wildman–Crippen LogP) is 2.17. The van der Waals surface area contributed by atoms with Gasteiger partial charge in [0, 0.05) is 24.4 Å². The van der Waals surface area contributed by atoms with Crippen molar-refractivity contribution in [3.8, 4) is 0 Å². The van der Waals surface area contributed by atoms with E-state index in [1.807, 2.05) is 0 Å². The summed E-state index contributed by atoms with van der Waals surface area (Å²) in [5.41, 5.74) is 1.15. The van der Waals surface area contributed by atoms with Crippen molar-refractivity contribution in [1.29, 1.82) is 0 Å². The minimum Gasteiger partial charge on any atom is -0.396 e. The van der Waals surface area contributed by atoms with E-state index in [1.54, 1.807) is 24.3 Å². The molecule has 0 radical (unpaired) electrons. The Bertz CT molecular complexity index is 453. The lowest BCUT2D eigenvalue weighted by Gasteiger charge is -2.31. The summed E-state index contributed by atoms with van der Waals surface area (Å²) in [6.07, 6.45) is 3.10. The molecule has 0 aliphatic heterocycles. The van der Waals surface area contributed by atoms with Crippen LogP contribution in [-0.2, 0) is 4.79 Å². The van der Waals surface area contributed by atoms with Crippen LogP contribution in [0.15, 0.2) is 24.3 Å². The second-order valence-corrected chi connectivity index (χ2v) is 5.20. The molecule has 21 heavy (non-hydrogen) atoms. The van der Waals surface area contributed by atoms with Gasteiger partial charge in [-0.05, 0) is 48.9 Å². The topological polar surface area (TPSA) is 78.4 Å². The Morgan fingerprint density at radius 1 is 1.24 bits per heavy atom. The minimum absolute atomic E-state index is 0.0522. The first-order chi connectivity index (χ1) is 10.1. The standard InChI is InChI=1S/C16H24N2O3/c1-3-16(4-2,9-10-19)11-17-15(21)13-5-7-14(8-6-13)18-12-20/h5-8,12,19H,3-4,9-11H2,1-2H3,(H,17,21)(H,18,20). The second kappa shape index (κ2) is 8.42. The molecule has 0 atom stereocenters. The maximum atomic E-state index is 12.1. The summed E-state index contributed by atoms with van der Waals surface area (Å²) in [4.78, 5) is 22.5. The number of hydrogen-bond acceptors (Lipinski definition) is 3. The molecule has 5 nitrogen and oxygen atoms in total. The van der Waals surface area contributed by atoms with E-state index in [1.165, 1.54) is 0 Å². The van der Waals surface area contributed by atoms with Gasteiger partial charge in [0.1, 0.15) is 0 Å². The van der Waals surface area contributed by atoms with E-state index in [0.717, 1.165) is 12.8 Å². The molecular weight excluding hydrogens is 268 g/mol. The van der Waals surface area contributed by atoms with Crippen molar-refractivity contribution >= 4 is 18.0 Å². The van der Waals surface area contributed by atoms with Crippen LogP contribution in [0.4, 0.5) is 5.69 Å². The summed E-state index contributed by atoms with van der Waals surface area (Å²) >= 11 is 0. The minimum atomic E-state index is -0.142. The van der Waals surface area contributed by atoms with Gasteiger partial charge in [0.25, 0.3) is 5.91 Å². The number of carbonyl (C=O) groups is 2. The number of aliphatic hydroxyl groups is 1. The van der Waals surface area contributed by atoms with Crippen LogP contribution in [0.5, 0.6) is 0 Å². The third kappa shape index (κ3) is 4.86. The maximum absolute atomic E-state index is 12.1. The van der Waals surface area contributed by atoms with Crippen molar-refractivity contribution in [3.05, 3.63) is 29.8 Å². The molecule has 0 bridgehead atoms. The van der Waals surface area contributed by atoms with Gasteiger partial charge >= 0.3 is 0 Å². The fraction of sp³-hybridized carbons (Fsp3) is 0.500. The molecule has 3 N–H and O–H groups in total. The second-order valence-electron chi connectivity index (χ2n) is 5.20. The number of rotatable bonds is 9. The average molecular weight is 292 g/mol. The zero-order chi connectivity index (χ0) is 15.7. The van der Waals surface area contributed by atoms with Gasteiger partial charge in [0.2, 0.25) is 6.41 Å². The van der Waals surface area contributed by atoms with Crippen LogP contribution in [-0.4, -0.2) is 30.6 Å². The zero-order valence-electron chi connectivity index (χ0n) is 12.7. The van der Waals surface area contributed by atoms with Gasteiger partial charge in [-0.1, -0.05) is 13.8 Å². The lowest BCUT2D eigenvalue weighted by atomic mass is 9.79. The van der Waals surface area contributed by atoms with Crippen LogP contribution in [0.2, 0.25) is 0 Å². The normalized spacial score (nSPS) is 11.0. The average Bonchev–Trinajstić information content (AvgIpc) is 2.52. The van der Waals surface area contributed by atoms with Crippen molar-refractivity contribution in [2.75, 3.05) is 18.5 Å². The smallest absolute Gasteiger partial charge is 0.251 e. The Balaban J connectivity index is 2.65. The lowest BCUT2D eigenvalue weighted by Crippen LogP contribution is -2.37. The van der Waals surface area contributed by atoms with Crippen LogP contribution in [0.1, 0.15) is 43.5 Å². The number of anilines is 1. The first kappa shape index (κ1) is 17.2. The molecule has 0 spiro atoms. The molecule has 0 aliphatic rings. The van der Waals surface area contributed by atoms with Gasteiger partial charge in [-0.3, -0.25) is 9.59 Å². The van der Waals surface area contributed by atoms with Crippen molar-refractivity contribution in [2.24, 2.45) is 5.41 Å². The Morgan fingerprint density at radius 2 is 1.86 bits per heavy atom. The molecule has 2 amide bonds. The van der Waals surface area contributed by atoms with Crippen LogP contribution in [0.3, 0.4) is 0 Å². The van der Waals surface area contributed by atoms with Gasteiger partial charge < -0.3 is 15.7 Å². The Kier molecular flexibility index (Phi) is 6.88. The quantitative estimate of drug-likeness (QED) is 0.610. The molecule has 0 heterocycles. The predicted molar refractivity (Wildman–Crippen MR) is 83.2 cm³/mol. The molecule has 1 aromatic carbocycles. The van der Waals surface area contributed by atoms with Crippen LogP contribution < -0.4 is 10.6 Å². The molecule has 0 unspecified atom stereocenters. The fourth-order valence-electron chi connectivity index (χ4n) is 2.33. The van der Waals surface area contributed by atoms with E-state index in [4.69, 9.17) is 0 Å². The first-order valence-corrected chi connectivity index (χ1v) is 7.30. The molecule has 5 heteroatoms. The third-order valence-electron chi connectivity index (χ3n) is 4.14. The fourth-order valence-corrected chi connectivity index (χ4v) is 2.33. The molecule has 116 valence electrons. The molecule has 0 aromatic heterocycles. The van der Waals surface area contributed by atoms with E-state index < -0.39 is 0 Å². The molecule has 0 saturated heterocycles. The maximum Gasteiger partial charge on any atom is 0.251 e. The van der Waals surface area contributed by atoms with Gasteiger partial charge in [-0.25, -0.2) is 0 Å². The van der Waals surface area contributed by atoms with Gasteiger partial charge in [0.05, 0.1) is 0 Å². The van der Waals surface area contributed by atoms with Crippen LogP contribution >= 0.6 is 0 Å². The van der Waals surface area contributed by atoms with E-state index in [2.05, 4.69) is 24.5 Å². The summed E-state index contributed by atoms with van der Waals surface area (Å²) in [5, 5.41) is 14.6. The number of amides is 2. The molecule has 0 fully saturated rings. The van der Waals surface area contributed by atoms with Crippen molar-refractivity contribution in [2.45, 2.75) is 33.1 Å². The molecule has 1 rings (SSSR count). The summed E-state index contributed by atoms with van der Waals surface area (Å²) in [6, 6.07) is 6.72.